The minimum absolute atomic E-state index is 0.199. The smallest absolute Gasteiger partial charge is 0.124 e. The van der Waals surface area contributed by atoms with Crippen LogP contribution in [-0.4, -0.2) is 42.5 Å². The first-order valence-corrected chi connectivity index (χ1v) is 5.65. The molecular formula is C12H17N3O2. The number of benzene rings is 1. The van der Waals surface area contributed by atoms with E-state index in [0.717, 1.165) is 38.4 Å². The number of ether oxygens (including phenoxy) is 1. The summed E-state index contributed by atoms with van der Waals surface area (Å²) in [5.41, 5.74) is 1.79. The molecule has 0 saturated carbocycles. The van der Waals surface area contributed by atoms with Gasteiger partial charge in [-0.15, -0.1) is 0 Å². The Morgan fingerprint density at radius 1 is 1.41 bits per heavy atom. The number of nitrogens with zero attached hydrogens (tertiary/aromatic N) is 2. The molecule has 5 nitrogen and oxygen atoms in total. The maximum absolute atomic E-state index is 9.59. The van der Waals surface area contributed by atoms with E-state index < -0.39 is 0 Å². The minimum Gasteiger partial charge on any atom is -0.507 e. The molecule has 0 bridgehead atoms. The molecule has 5 heteroatoms. The summed E-state index contributed by atoms with van der Waals surface area (Å²) in [5.74, 6) is 5.29. The number of phenols is 1. The average Bonchev–Trinajstić information content (AvgIpc) is 2.35. The van der Waals surface area contributed by atoms with Crippen LogP contribution in [0.3, 0.4) is 0 Å². The number of morpholine rings is 1. The molecule has 2 rings (SSSR count). The highest BCUT2D eigenvalue weighted by Gasteiger charge is 2.11. The maximum atomic E-state index is 9.59. The molecule has 1 aromatic rings. The van der Waals surface area contributed by atoms with Crippen molar-refractivity contribution in [3.8, 4) is 5.75 Å². The van der Waals surface area contributed by atoms with Crippen LogP contribution in [0.1, 0.15) is 11.1 Å². The van der Waals surface area contributed by atoms with Gasteiger partial charge in [0.1, 0.15) is 5.75 Å². The number of hydrazone groups is 1. The summed E-state index contributed by atoms with van der Waals surface area (Å²) in [6.45, 7) is 4.32. The number of phenolic OH excluding ortho intramolecular Hbond substituents is 1. The van der Waals surface area contributed by atoms with Crippen molar-refractivity contribution in [2.45, 2.75) is 6.54 Å². The van der Waals surface area contributed by atoms with Crippen LogP contribution in [0.4, 0.5) is 0 Å². The summed E-state index contributed by atoms with van der Waals surface area (Å²) in [5, 5.41) is 13.0. The Morgan fingerprint density at radius 3 is 2.88 bits per heavy atom. The van der Waals surface area contributed by atoms with Crippen LogP contribution in [0.15, 0.2) is 23.3 Å². The molecule has 0 spiro atoms. The second kappa shape index (κ2) is 5.65. The molecule has 0 unspecified atom stereocenters. The lowest BCUT2D eigenvalue weighted by molar-refractivity contribution is 0.0342. The van der Waals surface area contributed by atoms with E-state index in [9.17, 15) is 5.11 Å². The van der Waals surface area contributed by atoms with Gasteiger partial charge >= 0.3 is 0 Å². The van der Waals surface area contributed by atoms with E-state index in [4.69, 9.17) is 10.6 Å². The van der Waals surface area contributed by atoms with Crippen LogP contribution >= 0.6 is 0 Å². The van der Waals surface area contributed by atoms with Crippen molar-refractivity contribution in [3.63, 3.8) is 0 Å². The fourth-order valence-electron chi connectivity index (χ4n) is 1.90. The summed E-state index contributed by atoms with van der Waals surface area (Å²) < 4.78 is 5.30. The number of hydrogen-bond acceptors (Lipinski definition) is 5. The van der Waals surface area contributed by atoms with Crippen molar-refractivity contribution in [2.75, 3.05) is 26.3 Å². The highest BCUT2D eigenvalue weighted by atomic mass is 16.5. The molecule has 1 saturated heterocycles. The molecular weight excluding hydrogens is 218 g/mol. The van der Waals surface area contributed by atoms with Gasteiger partial charge in [0.25, 0.3) is 0 Å². The number of aromatic hydroxyl groups is 1. The van der Waals surface area contributed by atoms with Gasteiger partial charge in [-0.1, -0.05) is 6.07 Å². The van der Waals surface area contributed by atoms with Gasteiger partial charge in [0.15, 0.2) is 0 Å². The Morgan fingerprint density at radius 2 is 2.18 bits per heavy atom. The van der Waals surface area contributed by atoms with Gasteiger partial charge in [-0.05, 0) is 17.7 Å². The van der Waals surface area contributed by atoms with E-state index >= 15 is 0 Å². The normalized spacial score (nSPS) is 17.6. The monoisotopic (exact) mass is 235 g/mol. The first kappa shape index (κ1) is 11.9. The zero-order valence-electron chi connectivity index (χ0n) is 9.67. The van der Waals surface area contributed by atoms with E-state index in [1.54, 1.807) is 6.07 Å². The number of nitrogens with two attached hydrogens (primary N) is 1. The predicted octanol–water partition coefficient (Wildman–Crippen LogP) is 0.517. The number of rotatable bonds is 3. The molecule has 1 heterocycles. The van der Waals surface area contributed by atoms with Gasteiger partial charge < -0.3 is 15.7 Å². The molecule has 1 aliphatic heterocycles. The zero-order valence-corrected chi connectivity index (χ0v) is 9.67. The van der Waals surface area contributed by atoms with Gasteiger partial charge in [0.2, 0.25) is 0 Å². The van der Waals surface area contributed by atoms with E-state index in [2.05, 4.69) is 10.0 Å². The van der Waals surface area contributed by atoms with Crippen LogP contribution in [-0.2, 0) is 11.3 Å². The summed E-state index contributed by atoms with van der Waals surface area (Å²) in [4.78, 5) is 2.32. The molecule has 1 fully saturated rings. The SMILES string of the molecule is NN=Cc1cc(CN2CCOCC2)ccc1O. The molecule has 0 aliphatic carbocycles. The van der Waals surface area contributed by atoms with Crippen LogP contribution in [0.5, 0.6) is 5.75 Å². The van der Waals surface area contributed by atoms with Crippen molar-refractivity contribution < 1.29 is 9.84 Å². The largest absolute Gasteiger partial charge is 0.507 e. The second-order valence-electron chi connectivity index (χ2n) is 4.06. The quantitative estimate of drug-likeness (QED) is 0.455. The topological polar surface area (TPSA) is 71.1 Å². The highest BCUT2D eigenvalue weighted by molar-refractivity contribution is 5.83. The van der Waals surface area contributed by atoms with Crippen molar-refractivity contribution >= 4 is 6.21 Å². The molecule has 92 valence electrons. The molecule has 17 heavy (non-hydrogen) atoms. The molecule has 1 aliphatic rings. The molecule has 0 radical (unpaired) electrons. The average molecular weight is 235 g/mol. The van der Waals surface area contributed by atoms with Gasteiger partial charge in [-0.25, -0.2) is 0 Å². The third-order valence-electron chi connectivity index (χ3n) is 2.82. The fourth-order valence-corrected chi connectivity index (χ4v) is 1.90. The Labute approximate surface area is 100 Å². The van der Waals surface area contributed by atoms with E-state index in [0.29, 0.717) is 5.56 Å². The molecule has 0 aromatic heterocycles. The Bertz CT molecular complexity index is 401. The van der Waals surface area contributed by atoms with Crippen LogP contribution in [0.25, 0.3) is 0 Å². The van der Waals surface area contributed by atoms with Crippen molar-refractivity contribution in [1.82, 2.24) is 4.90 Å². The standard InChI is InChI=1S/C12H17N3O2/c13-14-8-11-7-10(1-2-12(11)16)9-15-3-5-17-6-4-15/h1-2,7-8,16H,3-6,9,13H2. The summed E-state index contributed by atoms with van der Waals surface area (Å²) >= 11 is 0. The lowest BCUT2D eigenvalue weighted by atomic mass is 10.1. The predicted molar refractivity (Wildman–Crippen MR) is 66.0 cm³/mol. The minimum atomic E-state index is 0.199. The Hall–Kier alpha value is -1.59. The maximum Gasteiger partial charge on any atom is 0.124 e. The zero-order chi connectivity index (χ0) is 12.1. The van der Waals surface area contributed by atoms with Crippen LogP contribution in [0, 0.1) is 0 Å². The van der Waals surface area contributed by atoms with Crippen molar-refractivity contribution in [1.29, 1.82) is 0 Å². The van der Waals surface area contributed by atoms with Crippen molar-refractivity contribution in [2.24, 2.45) is 10.9 Å². The van der Waals surface area contributed by atoms with Gasteiger partial charge in [-0.2, -0.15) is 5.10 Å². The summed E-state index contributed by atoms with van der Waals surface area (Å²) in [7, 11) is 0. The highest BCUT2D eigenvalue weighted by Crippen LogP contribution is 2.18. The first-order valence-electron chi connectivity index (χ1n) is 5.65. The first-order chi connectivity index (χ1) is 8.29. The van der Waals surface area contributed by atoms with Gasteiger partial charge in [0, 0.05) is 25.2 Å². The lowest BCUT2D eigenvalue weighted by Crippen LogP contribution is -2.35. The fraction of sp³-hybridized carbons (Fsp3) is 0.417. The molecule has 3 N–H and O–H groups in total. The van der Waals surface area contributed by atoms with Gasteiger partial charge in [0.05, 0.1) is 19.4 Å². The Kier molecular flexibility index (Phi) is 3.95. The third kappa shape index (κ3) is 3.18. The molecule has 0 amide bonds. The number of hydrogen-bond donors (Lipinski definition) is 2. The van der Waals surface area contributed by atoms with E-state index in [1.807, 2.05) is 12.1 Å². The second-order valence-corrected chi connectivity index (χ2v) is 4.06. The van der Waals surface area contributed by atoms with Gasteiger partial charge in [-0.3, -0.25) is 4.90 Å². The van der Waals surface area contributed by atoms with E-state index in [-0.39, 0.29) is 5.75 Å². The summed E-state index contributed by atoms with van der Waals surface area (Å²) in [6, 6.07) is 5.49. The van der Waals surface area contributed by atoms with Crippen LogP contribution in [0.2, 0.25) is 0 Å². The Balaban J connectivity index is 2.07. The third-order valence-corrected chi connectivity index (χ3v) is 2.82. The van der Waals surface area contributed by atoms with Crippen molar-refractivity contribution in [3.05, 3.63) is 29.3 Å². The van der Waals surface area contributed by atoms with E-state index in [1.165, 1.54) is 6.21 Å². The molecule has 0 atom stereocenters. The molecule has 1 aromatic carbocycles. The summed E-state index contributed by atoms with van der Waals surface area (Å²) in [6.07, 6.45) is 1.46. The van der Waals surface area contributed by atoms with Crippen LogP contribution < -0.4 is 5.84 Å². The lowest BCUT2D eigenvalue weighted by Gasteiger charge is -2.26.